The minimum Gasteiger partial charge on any atom is -0.387 e. The number of nitrogens with zero attached hydrogens (tertiary/aromatic N) is 1. The van der Waals surface area contributed by atoms with E-state index in [0.29, 0.717) is 18.7 Å². The van der Waals surface area contributed by atoms with Crippen LogP contribution in [0.5, 0.6) is 0 Å². The fraction of sp³-hybridized carbons (Fsp3) is 0.684. The Kier molecular flexibility index (Phi) is 6.60. The zero-order chi connectivity index (χ0) is 16.8. The number of benzene rings is 1. The summed E-state index contributed by atoms with van der Waals surface area (Å²) in [4.78, 5) is 2.19. The molecule has 5 heteroatoms. The molecule has 1 N–H and O–H groups in total. The number of hydrogen-bond donors (Lipinski definition) is 1. The van der Waals surface area contributed by atoms with Crippen LogP contribution < -0.4 is 0 Å². The number of aliphatic hydroxyl groups excluding tert-OH is 1. The third-order valence-corrected chi connectivity index (χ3v) is 5.02. The normalized spacial score (nSPS) is 24.8. The molecule has 2 aliphatic rings. The second kappa shape index (κ2) is 8.90. The van der Waals surface area contributed by atoms with Crippen LogP contribution in [0.4, 0.5) is 4.39 Å². The lowest BCUT2D eigenvalue weighted by Crippen LogP contribution is -2.40. The predicted molar refractivity (Wildman–Crippen MR) is 90.4 cm³/mol. The summed E-state index contributed by atoms with van der Waals surface area (Å²) in [5, 5.41) is 10.3. The molecular weight excluding hydrogens is 309 g/mol. The van der Waals surface area contributed by atoms with Gasteiger partial charge in [-0.05, 0) is 38.2 Å². The first-order chi connectivity index (χ1) is 11.7. The number of aliphatic hydroxyl groups is 1. The minimum absolute atomic E-state index is 0.264. The molecule has 2 atom stereocenters. The van der Waals surface area contributed by atoms with E-state index in [1.807, 2.05) is 0 Å². The molecule has 24 heavy (non-hydrogen) atoms. The van der Waals surface area contributed by atoms with E-state index in [0.717, 1.165) is 39.0 Å². The average molecular weight is 337 g/mol. The third-order valence-electron chi connectivity index (χ3n) is 5.02. The van der Waals surface area contributed by atoms with Gasteiger partial charge in [0.15, 0.2) is 0 Å². The number of ether oxygens (including phenoxy) is 2. The molecule has 0 spiro atoms. The number of rotatable bonds is 6. The highest BCUT2D eigenvalue weighted by atomic mass is 19.1. The van der Waals surface area contributed by atoms with Gasteiger partial charge in [0.05, 0.1) is 24.9 Å². The Hall–Kier alpha value is -1.01. The maximum atomic E-state index is 13.7. The van der Waals surface area contributed by atoms with Crippen LogP contribution in [0.25, 0.3) is 0 Å². The maximum Gasteiger partial charge on any atom is 0.129 e. The summed E-state index contributed by atoms with van der Waals surface area (Å²) in [6, 6.07) is 6.45. The summed E-state index contributed by atoms with van der Waals surface area (Å²) in [5.74, 6) is -0.337. The van der Waals surface area contributed by atoms with E-state index in [-0.39, 0.29) is 18.0 Å². The number of likely N-dealkylation sites (tertiary alicyclic amines) is 1. The van der Waals surface area contributed by atoms with Crippen molar-refractivity contribution in [3.05, 3.63) is 35.6 Å². The highest BCUT2D eigenvalue weighted by molar-refractivity contribution is 5.20. The molecular formula is C19H28FNO3. The first-order valence-electron chi connectivity index (χ1n) is 9.10. The van der Waals surface area contributed by atoms with Crippen LogP contribution in [0.2, 0.25) is 0 Å². The summed E-state index contributed by atoms with van der Waals surface area (Å²) in [6.45, 7) is 3.78. The van der Waals surface area contributed by atoms with E-state index >= 15 is 0 Å². The second-order valence-corrected chi connectivity index (χ2v) is 6.86. The van der Waals surface area contributed by atoms with Crippen molar-refractivity contribution in [1.82, 2.24) is 4.90 Å². The Morgan fingerprint density at radius 1 is 1.21 bits per heavy atom. The van der Waals surface area contributed by atoms with Crippen molar-refractivity contribution in [3.8, 4) is 0 Å². The third kappa shape index (κ3) is 4.99. The molecule has 2 heterocycles. The Labute approximate surface area is 143 Å². The number of β-amino-alcohol motifs (C(OH)–C–C–N with tert-alkyl or cyclic N) is 1. The van der Waals surface area contributed by atoms with Gasteiger partial charge in [-0.1, -0.05) is 18.2 Å². The molecule has 4 nitrogen and oxygen atoms in total. The molecule has 0 aliphatic carbocycles. The average Bonchev–Trinajstić information content (AvgIpc) is 2.62. The van der Waals surface area contributed by atoms with E-state index in [2.05, 4.69) is 4.90 Å². The molecule has 0 bridgehead atoms. The van der Waals surface area contributed by atoms with Gasteiger partial charge in [-0.3, -0.25) is 0 Å². The molecule has 2 fully saturated rings. The zero-order valence-corrected chi connectivity index (χ0v) is 14.2. The summed E-state index contributed by atoms with van der Waals surface area (Å²) in [6.07, 6.45) is 5.18. The van der Waals surface area contributed by atoms with Crippen molar-refractivity contribution < 1.29 is 19.0 Å². The number of halogens is 1. The van der Waals surface area contributed by atoms with Crippen molar-refractivity contribution in [1.29, 1.82) is 0 Å². The van der Waals surface area contributed by atoms with E-state index in [1.165, 1.54) is 18.9 Å². The summed E-state index contributed by atoms with van der Waals surface area (Å²) in [5.41, 5.74) is 0.380. The van der Waals surface area contributed by atoms with Gasteiger partial charge in [0, 0.05) is 31.8 Å². The fourth-order valence-corrected chi connectivity index (χ4v) is 3.53. The fourth-order valence-electron chi connectivity index (χ4n) is 3.53. The Morgan fingerprint density at radius 2 is 2.00 bits per heavy atom. The van der Waals surface area contributed by atoms with Crippen LogP contribution >= 0.6 is 0 Å². The van der Waals surface area contributed by atoms with E-state index in [4.69, 9.17) is 9.47 Å². The molecule has 1 aromatic carbocycles. The van der Waals surface area contributed by atoms with Crippen LogP contribution in [-0.4, -0.2) is 55.1 Å². The van der Waals surface area contributed by atoms with Gasteiger partial charge < -0.3 is 19.5 Å². The molecule has 1 aromatic rings. The lowest BCUT2D eigenvalue weighted by atomic mass is 10.0. The van der Waals surface area contributed by atoms with Crippen LogP contribution in [-0.2, 0) is 9.47 Å². The Morgan fingerprint density at radius 3 is 2.71 bits per heavy atom. The SMILES string of the molecule is OC(CN1CCC(OCC2CCCCO2)CC1)c1ccccc1F. The van der Waals surface area contributed by atoms with Crippen LogP contribution in [0.1, 0.15) is 43.8 Å². The van der Waals surface area contributed by atoms with Crippen LogP contribution in [0.15, 0.2) is 24.3 Å². The van der Waals surface area contributed by atoms with Crippen LogP contribution in [0.3, 0.4) is 0 Å². The molecule has 0 saturated carbocycles. The standard InChI is InChI=1S/C19H28FNO3/c20-18-7-2-1-6-17(18)19(22)13-21-10-8-15(9-11-21)24-14-16-5-3-4-12-23-16/h1-2,6-7,15-16,19,22H,3-5,8-14H2. The molecule has 0 radical (unpaired) electrons. The summed E-state index contributed by atoms with van der Waals surface area (Å²) in [7, 11) is 0. The minimum atomic E-state index is -0.778. The highest BCUT2D eigenvalue weighted by Crippen LogP contribution is 2.22. The molecule has 0 amide bonds. The maximum absolute atomic E-state index is 13.7. The quantitative estimate of drug-likeness (QED) is 0.867. The van der Waals surface area contributed by atoms with E-state index in [1.54, 1.807) is 18.2 Å². The van der Waals surface area contributed by atoms with Gasteiger partial charge in [-0.15, -0.1) is 0 Å². The predicted octanol–water partition coefficient (Wildman–Crippen LogP) is 2.91. The van der Waals surface area contributed by atoms with Gasteiger partial charge >= 0.3 is 0 Å². The first kappa shape index (κ1) is 17.8. The summed E-state index contributed by atoms with van der Waals surface area (Å²) < 4.78 is 25.4. The van der Waals surface area contributed by atoms with Crippen molar-refractivity contribution in [2.75, 3.05) is 32.8 Å². The van der Waals surface area contributed by atoms with Crippen molar-refractivity contribution >= 4 is 0 Å². The molecule has 0 aromatic heterocycles. The lowest BCUT2D eigenvalue weighted by molar-refractivity contribution is -0.0764. The molecule has 3 rings (SSSR count). The van der Waals surface area contributed by atoms with Crippen molar-refractivity contribution in [2.45, 2.75) is 50.4 Å². The molecule has 2 saturated heterocycles. The van der Waals surface area contributed by atoms with Gasteiger partial charge in [0.25, 0.3) is 0 Å². The monoisotopic (exact) mass is 337 g/mol. The van der Waals surface area contributed by atoms with Gasteiger partial charge in [0.1, 0.15) is 5.82 Å². The highest BCUT2D eigenvalue weighted by Gasteiger charge is 2.24. The number of piperidine rings is 1. The molecule has 2 aliphatic heterocycles. The Bertz CT molecular complexity index is 499. The first-order valence-corrected chi connectivity index (χ1v) is 9.10. The topological polar surface area (TPSA) is 41.9 Å². The largest absolute Gasteiger partial charge is 0.387 e. The van der Waals surface area contributed by atoms with E-state index in [9.17, 15) is 9.50 Å². The smallest absolute Gasteiger partial charge is 0.129 e. The van der Waals surface area contributed by atoms with Crippen molar-refractivity contribution in [3.63, 3.8) is 0 Å². The lowest BCUT2D eigenvalue weighted by Gasteiger charge is -2.34. The van der Waals surface area contributed by atoms with Gasteiger partial charge in [-0.2, -0.15) is 0 Å². The Balaban J connectivity index is 1.38. The van der Waals surface area contributed by atoms with Gasteiger partial charge in [-0.25, -0.2) is 4.39 Å². The molecule has 134 valence electrons. The van der Waals surface area contributed by atoms with Gasteiger partial charge in [0.2, 0.25) is 0 Å². The zero-order valence-electron chi connectivity index (χ0n) is 14.2. The van der Waals surface area contributed by atoms with Crippen molar-refractivity contribution in [2.24, 2.45) is 0 Å². The molecule has 2 unspecified atom stereocenters. The summed E-state index contributed by atoms with van der Waals surface area (Å²) >= 11 is 0. The second-order valence-electron chi connectivity index (χ2n) is 6.86. The van der Waals surface area contributed by atoms with E-state index < -0.39 is 6.10 Å². The van der Waals surface area contributed by atoms with Crippen LogP contribution in [0, 0.1) is 5.82 Å². The number of hydrogen-bond acceptors (Lipinski definition) is 4.